The smallest absolute Gasteiger partial charge is 0.0971 e. The average Bonchev–Trinajstić information content (AvgIpc) is 2.61. The lowest BCUT2D eigenvalue weighted by atomic mass is 10.3. The van der Waals surface area contributed by atoms with Crippen LogP contribution in [0.3, 0.4) is 0 Å². The van der Waals surface area contributed by atoms with Crippen LogP contribution >= 0.6 is 0 Å². The molecule has 1 saturated heterocycles. The first-order chi connectivity index (χ1) is 6.81. The first-order valence-corrected chi connectivity index (χ1v) is 4.60. The molecule has 0 bridgehead atoms. The fraction of sp³-hybridized carbons (Fsp3) is 1.00. The molecule has 1 aliphatic rings. The molecule has 0 aromatic rings. The van der Waals surface area contributed by atoms with Crippen molar-refractivity contribution in [2.75, 3.05) is 40.4 Å². The van der Waals surface area contributed by atoms with E-state index in [1.807, 2.05) is 0 Å². The molecule has 80 valence electrons. The summed E-state index contributed by atoms with van der Waals surface area (Å²) < 4.78 is 10.6. The molecule has 1 rings (SSSR count). The van der Waals surface area contributed by atoms with E-state index in [0.29, 0.717) is 6.54 Å². The van der Waals surface area contributed by atoms with Crippen molar-refractivity contribution in [3.63, 3.8) is 0 Å². The molecular formula is C8H16N4O2. The minimum atomic E-state index is 0.131. The Morgan fingerprint density at radius 2 is 1.93 bits per heavy atom. The first-order valence-electron chi connectivity index (χ1n) is 4.60. The molecule has 1 fully saturated rings. The van der Waals surface area contributed by atoms with Crippen LogP contribution in [-0.4, -0.2) is 57.5 Å². The van der Waals surface area contributed by atoms with Gasteiger partial charge in [0.1, 0.15) is 0 Å². The topological polar surface area (TPSA) is 70.5 Å². The lowest BCUT2D eigenvalue weighted by Gasteiger charge is -2.13. The van der Waals surface area contributed by atoms with Gasteiger partial charge in [-0.1, -0.05) is 5.11 Å². The molecule has 0 aromatic heterocycles. The lowest BCUT2D eigenvalue weighted by molar-refractivity contribution is -0.00461. The maximum absolute atomic E-state index is 8.13. The third kappa shape index (κ3) is 2.85. The summed E-state index contributed by atoms with van der Waals surface area (Å²) in [5, 5.41) is 3.49. The van der Waals surface area contributed by atoms with Crippen LogP contribution in [0.15, 0.2) is 5.11 Å². The third-order valence-corrected chi connectivity index (χ3v) is 2.48. The van der Waals surface area contributed by atoms with Crippen molar-refractivity contribution in [2.24, 2.45) is 5.11 Å². The highest BCUT2D eigenvalue weighted by atomic mass is 16.5. The molecule has 1 heterocycles. The second kappa shape index (κ2) is 5.82. The number of likely N-dealkylation sites (tertiary alicyclic amines) is 1. The summed E-state index contributed by atoms with van der Waals surface area (Å²) >= 11 is 0. The van der Waals surface area contributed by atoms with Crippen molar-refractivity contribution in [2.45, 2.75) is 12.2 Å². The fourth-order valence-electron chi connectivity index (χ4n) is 1.68. The molecule has 0 spiro atoms. The van der Waals surface area contributed by atoms with Crippen LogP contribution in [0.25, 0.3) is 10.4 Å². The van der Waals surface area contributed by atoms with Crippen LogP contribution in [0.1, 0.15) is 0 Å². The molecule has 1 aliphatic heterocycles. The molecule has 2 atom stereocenters. The second-order valence-corrected chi connectivity index (χ2v) is 3.26. The van der Waals surface area contributed by atoms with Crippen LogP contribution in [0.2, 0.25) is 0 Å². The van der Waals surface area contributed by atoms with Gasteiger partial charge in [-0.15, -0.1) is 0 Å². The van der Waals surface area contributed by atoms with E-state index in [2.05, 4.69) is 14.9 Å². The van der Waals surface area contributed by atoms with Gasteiger partial charge in [0.2, 0.25) is 0 Å². The zero-order valence-electron chi connectivity index (χ0n) is 8.59. The number of hydrogen-bond acceptors (Lipinski definition) is 4. The van der Waals surface area contributed by atoms with Crippen molar-refractivity contribution in [1.82, 2.24) is 4.90 Å². The normalized spacial score (nSPS) is 27.6. The SMILES string of the molecule is CO[C@H]1CN(CCN=[N+]=[N-])C[C@H]1OC. The summed E-state index contributed by atoms with van der Waals surface area (Å²) in [6, 6.07) is 0. The molecule has 0 unspecified atom stereocenters. The molecule has 0 aromatic carbocycles. The highest BCUT2D eigenvalue weighted by Gasteiger charge is 2.32. The molecule has 0 radical (unpaired) electrons. The predicted octanol–water partition coefficient (Wildman–Crippen LogP) is 0.642. The van der Waals surface area contributed by atoms with Gasteiger partial charge in [0.15, 0.2) is 0 Å². The summed E-state index contributed by atoms with van der Waals surface area (Å²) in [7, 11) is 3.38. The van der Waals surface area contributed by atoms with E-state index < -0.39 is 0 Å². The highest BCUT2D eigenvalue weighted by molar-refractivity contribution is 4.85. The first kappa shape index (κ1) is 11.3. The second-order valence-electron chi connectivity index (χ2n) is 3.26. The molecule has 0 aliphatic carbocycles. The van der Waals surface area contributed by atoms with E-state index in [1.54, 1.807) is 14.2 Å². The Kier molecular flexibility index (Phi) is 4.69. The zero-order chi connectivity index (χ0) is 10.4. The Balaban J connectivity index is 2.33. The fourth-order valence-corrected chi connectivity index (χ4v) is 1.68. The number of hydrogen-bond donors (Lipinski definition) is 0. The Bertz CT molecular complexity index is 205. The molecular weight excluding hydrogens is 184 g/mol. The number of rotatable bonds is 5. The van der Waals surface area contributed by atoms with Gasteiger partial charge < -0.3 is 9.47 Å². The van der Waals surface area contributed by atoms with Gasteiger partial charge in [-0.2, -0.15) is 0 Å². The average molecular weight is 200 g/mol. The molecule has 0 amide bonds. The van der Waals surface area contributed by atoms with Gasteiger partial charge in [-0.05, 0) is 5.53 Å². The molecule has 0 N–H and O–H groups in total. The summed E-state index contributed by atoms with van der Waals surface area (Å²) in [5.74, 6) is 0. The van der Waals surface area contributed by atoms with Crippen LogP contribution in [0.5, 0.6) is 0 Å². The highest BCUT2D eigenvalue weighted by Crippen LogP contribution is 2.14. The van der Waals surface area contributed by atoms with Crippen LogP contribution < -0.4 is 0 Å². The van der Waals surface area contributed by atoms with E-state index >= 15 is 0 Å². The van der Waals surface area contributed by atoms with Gasteiger partial charge >= 0.3 is 0 Å². The number of methoxy groups -OCH3 is 2. The monoisotopic (exact) mass is 200 g/mol. The number of nitrogens with zero attached hydrogens (tertiary/aromatic N) is 4. The molecule has 14 heavy (non-hydrogen) atoms. The summed E-state index contributed by atoms with van der Waals surface area (Å²) in [6.07, 6.45) is 0.261. The predicted molar refractivity (Wildman–Crippen MR) is 52.0 cm³/mol. The van der Waals surface area contributed by atoms with E-state index in [-0.39, 0.29) is 12.2 Å². The van der Waals surface area contributed by atoms with Gasteiger partial charge in [0.25, 0.3) is 0 Å². The summed E-state index contributed by atoms with van der Waals surface area (Å²) in [4.78, 5) is 4.89. The minimum Gasteiger partial charge on any atom is -0.377 e. The van der Waals surface area contributed by atoms with Crippen molar-refractivity contribution in [1.29, 1.82) is 0 Å². The van der Waals surface area contributed by atoms with E-state index in [4.69, 9.17) is 15.0 Å². The van der Waals surface area contributed by atoms with Crippen molar-refractivity contribution < 1.29 is 9.47 Å². The minimum absolute atomic E-state index is 0.131. The molecule has 6 heteroatoms. The van der Waals surface area contributed by atoms with Crippen molar-refractivity contribution in [3.05, 3.63) is 10.4 Å². The summed E-state index contributed by atoms with van der Waals surface area (Å²) in [5.41, 5.74) is 8.13. The van der Waals surface area contributed by atoms with Crippen LogP contribution in [0, 0.1) is 0 Å². The van der Waals surface area contributed by atoms with Gasteiger partial charge in [-0.25, -0.2) is 0 Å². The van der Waals surface area contributed by atoms with E-state index in [1.165, 1.54) is 0 Å². The Labute approximate surface area is 83.4 Å². The van der Waals surface area contributed by atoms with Crippen molar-refractivity contribution in [3.8, 4) is 0 Å². The maximum atomic E-state index is 8.13. The third-order valence-electron chi connectivity index (χ3n) is 2.48. The van der Waals surface area contributed by atoms with Gasteiger partial charge in [0.05, 0.1) is 12.2 Å². The summed E-state index contributed by atoms with van der Waals surface area (Å²) in [6.45, 7) is 2.96. The molecule has 0 saturated carbocycles. The number of azide groups is 1. The lowest BCUT2D eigenvalue weighted by Crippen LogP contribution is -2.27. The standard InChI is InChI=1S/C8H16N4O2/c1-13-7-5-12(4-3-10-11-9)6-8(7)14-2/h7-8H,3-6H2,1-2H3/t7-,8+. The Hall–Kier alpha value is -0.810. The van der Waals surface area contributed by atoms with Crippen LogP contribution in [0.4, 0.5) is 0 Å². The van der Waals surface area contributed by atoms with Gasteiger partial charge in [-0.3, -0.25) is 4.90 Å². The zero-order valence-corrected chi connectivity index (χ0v) is 8.59. The van der Waals surface area contributed by atoms with E-state index in [0.717, 1.165) is 19.6 Å². The Morgan fingerprint density at radius 1 is 1.36 bits per heavy atom. The molecule has 6 nitrogen and oxygen atoms in total. The number of ether oxygens (including phenoxy) is 2. The van der Waals surface area contributed by atoms with E-state index in [9.17, 15) is 0 Å². The van der Waals surface area contributed by atoms with Crippen LogP contribution in [-0.2, 0) is 9.47 Å². The Morgan fingerprint density at radius 3 is 2.36 bits per heavy atom. The largest absolute Gasteiger partial charge is 0.377 e. The maximum Gasteiger partial charge on any atom is 0.0971 e. The van der Waals surface area contributed by atoms with Crippen molar-refractivity contribution >= 4 is 0 Å². The quantitative estimate of drug-likeness (QED) is 0.371. The van der Waals surface area contributed by atoms with Gasteiger partial charge in [0, 0.05) is 45.3 Å².